The first-order valence-electron chi connectivity index (χ1n) is 7.27. The van der Waals surface area contributed by atoms with Gasteiger partial charge in [0, 0.05) is 5.56 Å². The second-order valence-corrected chi connectivity index (χ2v) is 5.25. The predicted octanol–water partition coefficient (Wildman–Crippen LogP) is 5.34. The van der Waals surface area contributed by atoms with E-state index in [1.807, 2.05) is 54.6 Å². The lowest BCUT2D eigenvalue weighted by atomic mass is 10.0. The molecule has 0 unspecified atom stereocenters. The highest BCUT2D eigenvalue weighted by Crippen LogP contribution is 2.19. The van der Waals surface area contributed by atoms with E-state index in [1.54, 1.807) is 0 Å². The van der Waals surface area contributed by atoms with Crippen LogP contribution in [-0.4, -0.2) is 0 Å². The van der Waals surface area contributed by atoms with Crippen LogP contribution in [-0.2, 0) is 0 Å². The van der Waals surface area contributed by atoms with E-state index in [0.29, 0.717) is 0 Å². The Balaban J connectivity index is 1.87. The van der Waals surface area contributed by atoms with Crippen LogP contribution in [0.3, 0.4) is 0 Å². The minimum absolute atomic E-state index is 0.0697. The van der Waals surface area contributed by atoms with E-state index in [0.717, 1.165) is 16.7 Å². The second-order valence-electron chi connectivity index (χ2n) is 5.25. The van der Waals surface area contributed by atoms with Crippen LogP contribution in [0.4, 0.5) is 8.78 Å². The largest absolute Gasteiger partial charge is 0.203 e. The maximum Gasteiger partial charge on any atom is 0.174 e. The molecule has 0 heterocycles. The van der Waals surface area contributed by atoms with Crippen molar-refractivity contribution in [3.63, 3.8) is 0 Å². The van der Waals surface area contributed by atoms with Gasteiger partial charge in [-0.05, 0) is 41.8 Å². The minimum Gasteiger partial charge on any atom is -0.203 e. The summed E-state index contributed by atoms with van der Waals surface area (Å²) in [5, 5.41) is 0. The van der Waals surface area contributed by atoms with Crippen molar-refractivity contribution in [2.75, 3.05) is 0 Å². The fraction of sp³-hybridized carbons (Fsp3) is 0.0476. The first kappa shape index (κ1) is 15.0. The molecule has 0 saturated heterocycles. The Morgan fingerprint density at radius 3 is 2.00 bits per heavy atom. The Bertz CT molecular complexity index is 883. The molecular weight excluding hydrogens is 290 g/mol. The van der Waals surface area contributed by atoms with Crippen molar-refractivity contribution in [3.8, 4) is 23.0 Å². The van der Waals surface area contributed by atoms with E-state index in [-0.39, 0.29) is 11.1 Å². The van der Waals surface area contributed by atoms with Crippen molar-refractivity contribution in [2.24, 2.45) is 0 Å². The predicted molar refractivity (Wildman–Crippen MR) is 89.0 cm³/mol. The zero-order valence-corrected chi connectivity index (χ0v) is 12.6. The SMILES string of the molecule is Cc1ccc(C#Cc2ccc(-c3ccccc3)cc2)c(F)c1F. The summed E-state index contributed by atoms with van der Waals surface area (Å²) < 4.78 is 27.3. The molecule has 112 valence electrons. The Labute approximate surface area is 134 Å². The van der Waals surface area contributed by atoms with Gasteiger partial charge in [-0.1, -0.05) is 60.4 Å². The van der Waals surface area contributed by atoms with Gasteiger partial charge in [-0.3, -0.25) is 0 Å². The van der Waals surface area contributed by atoms with Crippen molar-refractivity contribution in [3.05, 3.63) is 95.1 Å². The molecule has 0 radical (unpaired) electrons. The van der Waals surface area contributed by atoms with Crippen molar-refractivity contribution < 1.29 is 8.78 Å². The first-order valence-corrected chi connectivity index (χ1v) is 7.27. The van der Waals surface area contributed by atoms with Crippen LogP contribution in [0.1, 0.15) is 16.7 Å². The Kier molecular flexibility index (Phi) is 4.21. The Morgan fingerprint density at radius 1 is 0.652 bits per heavy atom. The molecule has 23 heavy (non-hydrogen) atoms. The van der Waals surface area contributed by atoms with E-state index in [1.165, 1.54) is 19.1 Å². The highest BCUT2D eigenvalue weighted by atomic mass is 19.2. The highest BCUT2D eigenvalue weighted by Gasteiger charge is 2.08. The molecule has 0 amide bonds. The molecule has 2 heteroatoms. The molecule has 0 bridgehead atoms. The van der Waals surface area contributed by atoms with Crippen molar-refractivity contribution in [1.29, 1.82) is 0 Å². The molecular formula is C21H14F2. The zero-order chi connectivity index (χ0) is 16.2. The van der Waals surface area contributed by atoms with Gasteiger partial charge in [0.25, 0.3) is 0 Å². The van der Waals surface area contributed by atoms with E-state index in [2.05, 4.69) is 11.8 Å². The molecule has 0 nitrogen and oxygen atoms in total. The summed E-state index contributed by atoms with van der Waals surface area (Å²) in [6.45, 7) is 1.53. The first-order chi connectivity index (χ1) is 11.1. The van der Waals surface area contributed by atoms with Gasteiger partial charge in [0.15, 0.2) is 11.6 Å². The summed E-state index contributed by atoms with van der Waals surface area (Å²) >= 11 is 0. The molecule has 0 saturated carbocycles. The van der Waals surface area contributed by atoms with Gasteiger partial charge in [0.05, 0.1) is 5.56 Å². The monoisotopic (exact) mass is 304 g/mol. The summed E-state index contributed by atoms with van der Waals surface area (Å²) in [5.74, 6) is 3.83. The summed E-state index contributed by atoms with van der Waals surface area (Å²) in [7, 11) is 0. The number of hydrogen-bond donors (Lipinski definition) is 0. The Morgan fingerprint density at radius 2 is 1.30 bits per heavy atom. The van der Waals surface area contributed by atoms with Gasteiger partial charge in [-0.2, -0.15) is 0 Å². The van der Waals surface area contributed by atoms with Gasteiger partial charge in [-0.25, -0.2) is 8.78 Å². The van der Waals surface area contributed by atoms with Crippen LogP contribution in [0.15, 0.2) is 66.7 Å². The van der Waals surface area contributed by atoms with E-state index >= 15 is 0 Å². The molecule has 0 aromatic heterocycles. The number of benzene rings is 3. The van der Waals surface area contributed by atoms with Crippen LogP contribution < -0.4 is 0 Å². The molecule has 0 fully saturated rings. The van der Waals surface area contributed by atoms with Gasteiger partial charge in [0.2, 0.25) is 0 Å². The van der Waals surface area contributed by atoms with Gasteiger partial charge >= 0.3 is 0 Å². The quantitative estimate of drug-likeness (QED) is 0.532. The van der Waals surface area contributed by atoms with Crippen LogP contribution >= 0.6 is 0 Å². The molecule has 0 atom stereocenters. The zero-order valence-electron chi connectivity index (χ0n) is 12.6. The highest BCUT2D eigenvalue weighted by molar-refractivity contribution is 5.64. The summed E-state index contributed by atoms with van der Waals surface area (Å²) in [6, 6.07) is 20.7. The molecule has 0 aliphatic heterocycles. The average Bonchev–Trinajstić information content (AvgIpc) is 2.60. The standard InChI is InChI=1S/C21H14F2/c1-15-7-11-19(21(23)20(15)22)14-10-16-8-12-18(13-9-16)17-5-3-2-4-6-17/h2-9,11-13H,1H3. The third kappa shape index (κ3) is 3.30. The third-order valence-electron chi connectivity index (χ3n) is 3.61. The lowest BCUT2D eigenvalue weighted by Gasteiger charge is -2.01. The van der Waals surface area contributed by atoms with E-state index in [4.69, 9.17) is 0 Å². The van der Waals surface area contributed by atoms with Gasteiger partial charge in [0.1, 0.15) is 0 Å². The van der Waals surface area contributed by atoms with Crippen LogP contribution in [0.5, 0.6) is 0 Å². The second kappa shape index (κ2) is 6.46. The topological polar surface area (TPSA) is 0 Å². The normalized spacial score (nSPS) is 10.0. The molecule has 0 aliphatic rings. The summed E-state index contributed by atoms with van der Waals surface area (Å²) in [6.07, 6.45) is 0. The fourth-order valence-electron chi connectivity index (χ4n) is 2.26. The van der Waals surface area contributed by atoms with Crippen LogP contribution in [0, 0.1) is 30.4 Å². The Hall–Kier alpha value is -2.92. The third-order valence-corrected chi connectivity index (χ3v) is 3.61. The summed E-state index contributed by atoms with van der Waals surface area (Å²) in [5.41, 5.74) is 3.31. The maximum atomic E-state index is 13.8. The number of rotatable bonds is 1. The van der Waals surface area contributed by atoms with Crippen molar-refractivity contribution in [2.45, 2.75) is 6.92 Å². The molecule has 3 aromatic rings. The minimum atomic E-state index is -0.890. The molecule has 0 aliphatic carbocycles. The lowest BCUT2D eigenvalue weighted by molar-refractivity contribution is 0.501. The van der Waals surface area contributed by atoms with Gasteiger partial charge < -0.3 is 0 Å². The van der Waals surface area contributed by atoms with E-state index < -0.39 is 11.6 Å². The lowest BCUT2D eigenvalue weighted by Crippen LogP contribution is -1.92. The maximum absolute atomic E-state index is 13.8. The van der Waals surface area contributed by atoms with Crippen molar-refractivity contribution in [1.82, 2.24) is 0 Å². The number of aryl methyl sites for hydroxylation is 1. The summed E-state index contributed by atoms with van der Waals surface area (Å²) in [4.78, 5) is 0. The molecule has 0 N–H and O–H groups in total. The fourth-order valence-corrected chi connectivity index (χ4v) is 2.26. The average molecular weight is 304 g/mol. The van der Waals surface area contributed by atoms with Crippen molar-refractivity contribution >= 4 is 0 Å². The van der Waals surface area contributed by atoms with Crippen LogP contribution in [0.2, 0.25) is 0 Å². The molecule has 3 aromatic carbocycles. The number of hydrogen-bond acceptors (Lipinski definition) is 0. The smallest absolute Gasteiger partial charge is 0.174 e. The molecule has 0 spiro atoms. The van der Waals surface area contributed by atoms with Crippen LogP contribution in [0.25, 0.3) is 11.1 Å². The molecule has 3 rings (SSSR count). The van der Waals surface area contributed by atoms with Gasteiger partial charge in [-0.15, -0.1) is 0 Å². The van der Waals surface area contributed by atoms with E-state index in [9.17, 15) is 8.78 Å². The number of halogens is 2.